The number of nitrogens with zero attached hydrogens (tertiary/aromatic N) is 3. The number of hydrogen-bond acceptors (Lipinski definition) is 5. The molecule has 0 spiro atoms. The van der Waals surface area contributed by atoms with E-state index >= 15 is 0 Å². The minimum Gasteiger partial charge on any atom is -0.368 e. The van der Waals surface area contributed by atoms with Crippen LogP contribution in [0.25, 0.3) is 0 Å². The van der Waals surface area contributed by atoms with Gasteiger partial charge < -0.3 is 15.5 Å². The van der Waals surface area contributed by atoms with Crippen molar-refractivity contribution in [1.82, 2.24) is 4.90 Å². The highest BCUT2D eigenvalue weighted by atomic mass is 16.2. The first-order valence-corrected chi connectivity index (χ1v) is 11.2. The molecule has 170 valence electrons. The summed E-state index contributed by atoms with van der Waals surface area (Å²) < 4.78 is 0. The number of benzene rings is 2. The zero-order valence-electron chi connectivity index (χ0n) is 19.3. The van der Waals surface area contributed by atoms with Crippen LogP contribution < -0.4 is 15.5 Å². The van der Waals surface area contributed by atoms with Gasteiger partial charge in [-0.3, -0.25) is 14.5 Å². The van der Waals surface area contributed by atoms with Gasteiger partial charge in [0.05, 0.1) is 17.3 Å². The van der Waals surface area contributed by atoms with E-state index in [0.717, 1.165) is 43.1 Å². The Kier molecular flexibility index (Phi) is 6.21. The second kappa shape index (κ2) is 9.08. The van der Waals surface area contributed by atoms with Crippen LogP contribution >= 0.6 is 0 Å². The van der Waals surface area contributed by atoms with E-state index in [1.807, 2.05) is 57.2 Å². The first kappa shape index (κ1) is 22.6. The number of anilines is 3. The maximum Gasteiger partial charge on any atom is 0.248 e. The molecule has 7 nitrogen and oxygen atoms in total. The van der Waals surface area contributed by atoms with E-state index in [0.29, 0.717) is 11.3 Å². The van der Waals surface area contributed by atoms with Crippen LogP contribution in [0.3, 0.4) is 0 Å². The number of carbonyl (C=O) groups is 2. The second-order valence-corrected chi connectivity index (χ2v) is 9.45. The van der Waals surface area contributed by atoms with E-state index in [9.17, 15) is 14.9 Å². The van der Waals surface area contributed by atoms with Crippen LogP contribution in [-0.2, 0) is 9.59 Å². The maximum absolute atomic E-state index is 12.3. The van der Waals surface area contributed by atoms with E-state index in [4.69, 9.17) is 0 Å². The smallest absolute Gasteiger partial charge is 0.248 e. The Bertz CT molecular complexity index is 1130. The van der Waals surface area contributed by atoms with Crippen molar-refractivity contribution in [2.24, 2.45) is 5.41 Å². The molecule has 2 heterocycles. The summed E-state index contributed by atoms with van der Waals surface area (Å²) in [6, 6.07) is 15.7. The molecule has 0 radical (unpaired) electrons. The molecular formula is C26H29N5O2. The number of piperazine rings is 1. The highest BCUT2D eigenvalue weighted by Crippen LogP contribution is 2.33. The lowest BCUT2D eigenvalue weighted by atomic mass is 9.95. The van der Waals surface area contributed by atoms with Crippen molar-refractivity contribution in [3.8, 4) is 6.07 Å². The maximum atomic E-state index is 12.3. The van der Waals surface area contributed by atoms with Gasteiger partial charge >= 0.3 is 0 Å². The third-order valence-corrected chi connectivity index (χ3v) is 6.07. The van der Waals surface area contributed by atoms with Crippen molar-refractivity contribution in [3.05, 3.63) is 65.7 Å². The quantitative estimate of drug-likeness (QED) is 0.751. The highest BCUT2D eigenvalue weighted by molar-refractivity contribution is 6.00. The summed E-state index contributed by atoms with van der Waals surface area (Å²) in [5.41, 5.74) is 3.48. The van der Waals surface area contributed by atoms with Gasteiger partial charge in [-0.1, -0.05) is 45.0 Å². The third kappa shape index (κ3) is 4.91. The minimum atomic E-state index is -0.507. The number of nitrogens with one attached hydrogen (secondary N) is 2. The number of nitriles is 1. The molecule has 0 saturated carbocycles. The summed E-state index contributed by atoms with van der Waals surface area (Å²) >= 11 is 0. The Morgan fingerprint density at radius 1 is 1.12 bits per heavy atom. The van der Waals surface area contributed by atoms with Crippen LogP contribution in [0, 0.1) is 16.7 Å². The van der Waals surface area contributed by atoms with Gasteiger partial charge in [0, 0.05) is 49.0 Å². The average molecular weight is 444 g/mol. The molecule has 1 unspecified atom stereocenters. The molecule has 2 aromatic rings. The molecular weight excluding hydrogens is 414 g/mol. The van der Waals surface area contributed by atoms with Crippen molar-refractivity contribution in [2.75, 3.05) is 41.7 Å². The Morgan fingerprint density at radius 2 is 1.85 bits per heavy atom. The van der Waals surface area contributed by atoms with Gasteiger partial charge in [-0.05, 0) is 29.8 Å². The number of carbonyl (C=O) groups excluding carboxylic acids is 2. The van der Waals surface area contributed by atoms with E-state index in [2.05, 4.69) is 32.6 Å². The van der Waals surface area contributed by atoms with Crippen LogP contribution in [0.1, 0.15) is 37.9 Å². The first-order chi connectivity index (χ1) is 15.8. The SMILES string of the molecule is CC(C)(C)C(=O)Nc1ccc(N2CCN(C3C=CC(=O)Nc4ccccc43)CC2)c(C#N)c1. The van der Waals surface area contributed by atoms with Crippen molar-refractivity contribution in [1.29, 1.82) is 5.26 Å². The fourth-order valence-corrected chi connectivity index (χ4v) is 4.18. The van der Waals surface area contributed by atoms with Gasteiger partial charge in [0.2, 0.25) is 11.8 Å². The lowest BCUT2D eigenvalue weighted by molar-refractivity contribution is -0.123. The standard InChI is InChI=1S/C26H29N5O2/c1-26(2,3)25(33)28-19-8-9-22(18(16-19)17-27)30-12-14-31(15-13-30)23-10-11-24(32)29-21-7-5-4-6-20(21)23/h4-11,16,23H,12-15H2,1-3H3,(H,28,33)(H,29,32). The number of rotatable bonds is 3. The van der Waals surface area contributed by atoms with Gasteiger partial charge in [0.15, 0.2) is 0 Å². The number of amides is 2. The van der Waals surface area contributed by atoms with Crippen molar-refractivity contribution < 1.29 is 9.59 Å². The summed E-state index contributed by atoms with van der Waals surface area (Å²) in [4.78, 5) is 28.9. The molecule has 1 saturated heterocycles. The largest absolute Gasteiger partial charge is 0.368 e. The van der Waals surface area contributed by atoms with Gasteiger partial charge in [-0.2, -0.15) is 5.26 Å². The molecule has 7 heteroatoms. The molecule has 33 heavy (non-hydrogen) atoms. The topological polar surface area (TPSA) is 88.5 Å². The van der Waals surface area contributed by atoms with E-state index < -0.39 is 5.41 Å². The zero-order valence-corrected chi connectivity index (χ0v) is 19.3. The average Bonchev–Trinajstić information content (AvgIpc) is 2.96. The number of para-hydroxylation sites is 1. The number of hydrogen-bond donors (Lipinski definition) is 2. The Morgan fingerprint density at radius 3 is 2.55 bits per heavy atom. The molecule has 0 bridgehead atoms. The lowest BCUT2D eigenvalue weighted by Crippen LogP contribution is -2.47. The fourth-order valence-electron chi connectivity index (χ4n) is 4.18. The summed E-state index contributed by atoms with van der Waals surface area (Å²) in [7, 11) is 0. The summed E-state index contributed by atoms with van der Waals surface area (Å²) in [5, 5.41) is 15.6. The normalized spacial score (nSPS) is 18.7. The van der Waals surface area contributed by atoms with Crippen molar-refractivity contribution in [2.45, 2.75) is 26.8 Å². The summed E-state index contributed by atoms with van der Waals surface area (Å²) in [6.45, 7) is 8.68. The van der Waals surface area contributed by atoms with Gasteiger partial charge in [-0.15, -0.1) is 0 Å². The first-order valence-electron chi connectivity index (χ1n) is 11.2. The summed E-state index contributed by atoms with van der Waals surface area (Å²) in [6.07, 6.45) is 3.57. The molecule has 2 amide bonds. The predicted molar refractivity (Wildman–Crippen MR) is 130 cm³/mol. The van der Waals surface area contributed by atoms with Crippen molar-refractivity contribution in [3.63, 3.8) is 0 Å². The molecule has 1 atom stereocenters. The Labute approximate surface area is 194 Å². The molecule has 1 fully saturated rings. The van der Waals surface area contributed by atoms with Crippen LogP contribution in [0.4, 0.5) is 17.1 Å². The fraction of sp³-hybridized carbons (Fsp3) is 0.346. The van der Waals surface area contributed by atoms with E-state index in [-0.39, 0.29) is 17.9 Å². The predicted octanol–water partition coefficient (Wildman–Crippen LogP) is 3.91. The van der Waals surface area contributed by atoms with E-state index in [1.54, 1.807) is 12.1 Å². The van der Waals surface area contributed by atoms with Crippen LogP contribution in [0.15, 0.2) is 54.6 Å². The molecule has 2 aliphatic heterocycles. The monoisotopic (exact) mass is 443 g/mol. The molecule has 2 aromatic carbocycles. The van der Waals surface area contributed by atoms with E-state index in [1.165, 1.54) is 0 Å². The minimum absolute atomic E-state index is 0.0210. The lowest BCUT2D eigenvalue weighted by Gasteiger charge is -2.40. The van der Waals surface area contributed by atoms with Crippen LogP contribution in [0.2, 0.25) is 0 Å². The van der Waals surface area contributed by atoms with Crippen molar-refractivity contribution >= 4 is 28.9 Å². The van der Waals surface area contributed by atoms with Gasteiger partial charge in [0.1, 0.15) is 6.07 Å². The van der Waals surface area contributed by atoms with Gasteiger partial charge in [-0.25, -0.2) is 0 Å². The van der Waals surface area contributed by atoms with Gasteiger partial charge in [0.25, 0.3) is 0 Å². The second-order valence-electron chi connectivity index (χ2n) is 9.45. The third-order valence-electron chi connectivity index (χ3n) is 6.07. The van der Waals surface area contributed by atoms with Crippen LogP contribution in [-0.4, -0.2) is 42.9 Å². The molecule has 2 aliphatic rings. The van der Waals surface area contributed by atoms with Crippen LogP contribution in [0.5, 0.6) is 0 Å². The highest BCUT2D eigenvalue weighted by Gasteiger charge is 2.28. The molecule has 0 aromatic heterocycles. The molecule has 0 aliphatic carbocycles. The summed E-state index contributed by atoms with van der Waals surface area (Å²) in [5.74, 6) is -0.196. The molecule has 4 rings (SSSR count). The molecule has 2 N–H and O–H groups in total. The Hall–Kier alpha value is -3.63. The Balaban J connectivity index is 1.48. The number of fused-ring (bicyclic) bond motifs is 1. The zero-order chi connectivity index (χ0) is 23.6.